The van der Waals surface area contributed by atoms with Gasteiger partial charge in [0.1, 0.15) is 11.7 Å². The smallest absolute Gasteiger partial charge is 0.271 e. The topological polar surface area (TPSA) is 108 Å². The van der Waals surface area contributed by atoms with Crippen molar-refractivity contribution in [1.82, 2.24) is 20.1 Å². The van der Waals surface area contributed by atoms with Crippen LogP contribution in [0.25, 0.3) is 0 Å². The van der Waals surface area contributed by atoms with Crippen LogP contribution >= 0.6 is 0 Å². The summed E-state index contributed by atoms with van der Waals surface area (Å²) in [4.78, 5) is 28.4. The SMILES string of the molecule is O=C(NNC(=O)C1CCCN1S(=O)(=O)c1ccccc1)c1ccccn1. The molecule has 2 N–H and O–H groups in total. The number of pyridine rings is 1. The molecule has 0 bridgehead atoms. The fourth-order valence-electron chi connectivity index (χ4n) is 2.78. The number of benzene rings is 1. The van der Waals surface area contributed by atoms with Gasteiger partial charge in [-0.25, -0.2) is 8.42 Å². The van der Waals surface area contributed by atoms with Gasteiger partial charge in [-0.15, -0.1) is 0 Å². The van der Waals surface area contributed by atoms with Gasteiger partial charge in [0.05, 0.1) is 4.90 Å². The van der Waals surface area contributed by atoms with Crippen LogP contribution in [0.15, 0.2) is 59.6 Å². The third-order valence-corrected chi connectivity index (χ3v) is 5.98. The number of amides is 2. The highest BCUT2D eigenvalue weighted by atomic mass is 32.2. The number of aromatic nitrogens is 1. The van der Waals surface area contributed by atoms with Gasteiger partial charge in [0.25, 0.3) is 11.8 Å². The number of carbonyl (C=O) groups excluding carboxylic acids is 2. The van der Waals surface area contributed by atoms with E-state index in [-0.39, 0.29) is 17.1 Å². The third kappa shape index (κ3) is 3.73. The van der Waals surface area contributed by atoms with Crippen molar-refractivity contribution in [1.29, 1.82) is 0 Å². The largest absolute Gasteiger partial charge is 0.288 e. The lowest BCUT2D eigenvalue weighted by atomic mass is 10.2. The van der Waals surface area contributed by atoms with Crippen molar-refractivity contribution in [3.63, 3.8) is 0 Å². The number of hydrazine groups is 1. The van der Waals surface area contributed by atoms with Crippen molar-refractivity contribution < 1.29 is 18.0 Å². The second kappa shape index (κ2) is 7.63. The molecule has 1 aliphatic rings. The molecule has 2 aromatic rings. The maximum atomic E-state index is 12.8. The van der Waals surface area contributed by atoms with Gasteiger partial charge in [0, 0.05) is 12.7 Å². The molecule has 3 rings (SSSR count). The maximum absolute atomic E-state index is 12.8. The molecule has 1 atom stereocenters. The van der Waals surface area contributed by atoms with E-state index in [1.807, 2.05) is 0 Å². The highest BCUT2D eigenvalue weighted by Gasteiger charge is 2.39. The molecule has 2 heterocycles. The molecule has 2 amide bonds. The van der Waals surface area contributed by atoms with Gasteiger partial charge in [-0.1, -0.05) is 24.3 Å². The molecular formula is C17H18N4O4S. The van der Waals surface area contributed by atoms with E-state index in [9.17, 15) is 18.0 Å². The van der Waals surface area contributed by atoms with Crippen molar-refractivity contribution in [2.45, 2.75) is 23.8 Å². The van der Waals surface area contributed by atoms with E-state index in [1.165, 1.54) is 28.7 Å². The summed E-state index contributed by atoms with van der Waals surface area (Å²) in [5.74, 6) is -1.15. The molecule has 9 heteroatoms. The normalized spacial score (nSPS) is 17.6. The Hall–Kier alpha value is -2.78. The zero-order valence-corrected chi connectivity index (χ0v) is 14.6. The van der Waals surface area contributed by atoms with Crippen molar-refractivity contribution in [3.05, 3.63) is 60.4 Å². The molecule has 1 aliphatic heterocycles. The number of hydrogen-bond acceptors (Lipinski definition) is 5. The second-order valence-corrected chi connectivity index (χ2v) is 7.64. The van der Waals surface area contributed by atoms with E-state index in [0.29, 0.717) is 12.8 Å². The Balaban J connectivity index is 1.68. The van der Waals surface area contributed by atoms with Gasteiger partial charge < -0.3 is 0 Å². The molecule has 26 heavy (non-hydrogen) atoms. The molecule has 136 valence electrons. The van der Waals surface area contributed by atoms with Gasteiger partial charge in [-0.2, -0.15) is 4.31 Å². The van der Waals surface area contributed by atoms with Gasteiger partial charge in [0.2, 0.25) is 10.0 Å². The predicted molar refractivity (Wildman–Crippen MR) is 93.2 cm³/mol. The number of sulfonamides is 1. The van der Waals surface area contributed by atoms with Gasteiger partial charge >= 0.3 is 0 Å². The van der Waals surface area contributed by atoms with Crippen LogP contribution < -0.4 is 10.9 Å². The first-order chi connectivity index (χ1) is 12.5. The Labute approximate surface area is 151 Å². The standard InChI is InChI=1S/C17H18N4O4S/c22-16(14-9-4-5-11-18-14)19-20-17(23)15-10-6-12-21(15)26(24,25)13-7-2-1-3-8-13/h1-5,7-9,11,15H,6,10,12H2,(H,19,22)(H,20,23). The van der Waals surface area contributed by atoms with E-state index in [2.05, 4.69) is 15.8 Å². The van der Waals surface area contributed by atoms with Gasteiger partial charge in [-0.3, -0.25) is 25.4 Å². The molecule has 8 nitrogen and oxygen atoms in total. The zero-order chi connectivity index (χ0) is 18.6. The summed E-state index contributed by atoms with van der Waals surface area (Å²) in [5.41, 5.74) is 4.70. The molecule has 0 spiro atoms. The molecule has 1 aromatic heterocycles. The van der Waals surface area contributed by atoms with Gasteiger partial charge in [-0.05, 0) is 37.1 Å². The van der Waals surface area contributed by atoms with E-state index < -0.39 is 27.9 Å². The van der Waals surface area contributed by atoms with Crippen LogP contribution in [0.4, 0.5) is 0 Å². The minimum absolute atomic E-state index is 0.136. The van der Waals surface area contributed by atoms with E-state index in [0.717, 1.165) is 0 Å². The predicted octanol–water partition coefficient (Wildman–Crippen LogP) is 0.696. The minimum atomic E-state index is -3.78. The summed E-state index contributed by atoms with van der Waals surface area (Å²) < 4.78 is 26.7. The average Bonchev–Trinajstić information content (AvgIpc) is 3.18. The number of nitrogens with zero attached hydrogens (tertiary/aromatic N) is 2. The van der Waals surface area contributed by atoms with Crippen LogP contribution in [0.3, 0.4) is 0 Å². The Bertz CT molecular complexity index is 887. The van der Waals surface area contributed by atoms with Gasteiger partial charge in [0.15, 0.2) is 0 Å². The molecule has 1 fully saturated rings. The quantitative estimate of drug-likeness (QED) is 0.766. The van der Waals surface area contributed by atoms with Crippen LogP contribution in [0.2, 0.25) is 0 Å². The van der Waals surface area contributed by atoms with Crippen LogP contribution in [-0.4, -0.2) is 42.1 Å². The molecule has 1 aromatic carbocycles. The average molecular weight is 374 g/mol. The third-order valence-electron chi connectivity index (χ3n) is 4.05. The van der Waals surface area contributed by atoms with E-state index >= 15 is 0 Å². The number of rotatable bonds is 4. The Morgan fingerprint density at radius 3 is 2.46 bits per heavy atom. The molecule has 0 saturated carbocycles. The molecule has 1 saturated heterocycles. The van der Waals surface area contributed by atoms with E-state index in [4.69, 9.17) is 0 Å². The van der Waals surface area contributed by atoms with Crippen LogP contribution in [0.1, 0.15) is 23.3 Å². The van der Waals surface area contributed by atoms with Crippen LogP contribution in [0, 0.1) is 0 Å². The van der Waals surface area contributed by atoms with Crippen molar-refractivity contribution in [3.8, 4) is 0 Å². The summed E-state index contributed by atoms with van der Waals surface area (Å²) in [6.07, 6.45) is 2.41. The molecular weight excluding hydrogens is 356 g/mol. The number of nitrogens with one attached hydrogen (secondary N) is 2. The van der Waals surface area contributed by atoms with Crippen molar-refractivity contribution in [2.75, 3.05) is 6.54 Å². The lowest BCUT2D eigenvalue weighted by Crippen LogP contribution is -2.51. The zero-order valence-electron chi connectivity index (χ0n) is 13.8. The maximum Gasteiger partial charge on any atom is 0.288 e. The fraction of sp³-hybridized carbons (Fsp3) is 0.235. The first-order valence-corrected chi connectivity index (χ1v) is 9.52. The highest BCUT2D eigenvalue weighted by molar-refractivity contribution is 7.89. The summed E-state index contributed by atoms with van der Waals surface area (Å²) in [5, 5.41) is 0. The molecule has 1 unspecified atom stereocenters. The monoisotopic (exact) mass is 374 g/mol. The highest BCUT2D eigenvalue weighted by Crippen LogP contribution is 2.25. The number of hydrogen-bond donors (Lipinski definition) is 2. The van der Waals surface area contributed by atoms with Crippen molar-refractivity contribution >= 4 is 21.8 Å². The Morgan fingerprint density at radius 1 is 1.04 bits per heavy atom. The Morgan fingerprint density at radius 2 is 1.77 bits per heavy atom. The van der Waals surface area contributed by atoms with E-state index in [1.54, 1.807) is 30.3 Å². The Kier molecular flexibility index (Phi) is 5.29. The summed E-state index contributed by atoms with van der Waals surface area (Å²) in [7, 11) is -3.78. The summed E-state index contributed by atoms with van der Waals surface area (Å²) in [6, 6.07) is 11.9. The molecule has 0 aliphatic carbocycles. The summed E-state index contributed by atoms with van der Waals surface area (Å²) >= 11 is 0. The first kappa shape index (κ1) is 18.0. The lowest BCUT2D eigenvalue weighted by molar-refractivity contribution is -0.125. The fourth-order valence-corrected chi connectivity index (χ4v) is 4.46. The second-order valence-electron chi connectivity index (χ2n) is 5.75. The molecule has 0 radical (unpaired) electrons. The number of carbonyl (C=O) groups is 2. The van der Waals surface area contributed by atoms with Crippen molar-refractivity contribution in [2.24, 2.45) is 0 Å². The minimum Gasteiger partial charge on any atom is -0.271 e. The van der Waals surface area contributed by atoms with Crippen LogP contribution in [-0.2, 0) is 14.8 Å². The van der Waals surface area contributed by atoms with Crippen LogP contribution in [0.5, 0.6) is 0 Å². The lowest BCUT2D eigenvalue weighted by Gasteiger charge is -2.23. The first-order valence-electron chi connectivity index (χ1n) is 8.08. The summed E-state index contributed by atoms with van der Waals surface area (Å²) in [6.45, 7) is 0.253.